The first kappa shape index (κ1) is 42.3. The zero-order valence-electron chi connectivity index (χ0n) is 32.1. The summed E-state index contributed by atoms with van der Waals surface area (Å²) in [6.07, 6.45) is 10.1. The minimum Gasteiger partial charge on any atom is -0.748 e. The van der Waals surface area contributed by atoms with E-state index in [0.29, 0.717) is 42.2 Å². The summed E-state index contributed by atoms with van der Waals surface area (Å²) >= 11 is 0. The molecular weight excluding hydrogens is 755 g/mol. The Balaban J connectivity index is 1.52. The summed E-state index contributed by atoms with van der Waals surface area (Å²) in [6.45, 7) is 17.6. The molecule has 1 unspecified atom stereocenters. The first-order chi connectivity index (χ1) is 26.2. The SMILES string of the molecule is [CH]CCC1(C)\C(=C/C=C/C=C/c2cc(C(C)(C)C)oc3cc(=[N+](CC)Cc4ccc([N+](=O)[O-])cc4)ccc2-3)N(CCCS(=O)(=O)[O-])c2ccc(S(=O)(=O)[O-])cc21. The number of nitrogens with zero attached hydrogens (tertiary/aromatic N) is 3. The number of nitro benzene ring substituents is 1. The van der Waals surface area contributed by atoms with E-state index >= 15 is 0 Å². The Bertz CT molecular complexity index is 2460. The Kier molecular flexibility index (Phi) is 12.6. The molecule has 1 aliphatic carbocycles. The molecule has 296 valence electrons. The summed E-state index contributed by atoms with van der Waals surface area (Å²) in [5.74, 6) is 0.902. The highest BCUT2D eigenvalue weighted by Crippen LogP contribution is 2.51. The van der Waals surface area contributed by atoms with Gasteiger partial charge in [-0.3, -0.25) is 10.1 Å². The molecule has 3 aliphatic rings. The maximum absolute atomic E-state index is 12.0. The molecular formula is C42H46N3O9S2-. The van der Waals surface area contributed by atoms with Crippen molar-refractivity contribution in [3.63, 3.8) is 0 Å². The van der Waals surface area contributed by atoms with Gasteiger partial charge in [-0.1, -0.05) is 45.1 Å². The van der Waals surface area contributed by atoms with Gasteiger partial charge in [-0.15, -0.1) is 0 Å². The van der Waals surface area contributed by atoms with Crippen LogP contribution >= 0.6 is 0 Å². The summed E-state index contributed by atoms with van der Waals surface area (Å²) in [5.41, 5.74) is 3.56. The maximum Gasteiger partial charge on any atom is 0.269 e. The topological polar surface area (TPSA) is 177 Å². The van der Waals surface area contributed by atoms with Gasteiger partial charge < -0.3 is 18.4 Å². The van der Waals surface area contributed by atoms with Gasteiger partial charge >= 0.3 is 0 Å². The predicted molar refractivity (Wildman–Crippen MR) is 215 cm³/mol. The highest BCUT2D eigenvalue weighted by atomic mass is 32.2. The molecule has 2 aromatic rings. The van der Waals surface area contributed by atoms with Crippen molar-refractivity contribution in [3.05, 3.63) is 142 Å². The molecule has 0 saturated heterocycles. The summed E-state index contributed by atoms with van der Waals surface area (Å²) in [7, 11) is -9.22. The van der Waals surface area contributed by atoms with Crippen LogP contribution in [0.2, 0.25) is 0 Å². The number of non-ortho nitro benzene ring substituents is 1. The summed E-state index contributed by atoms with van der Waals surface area (Å²) in [5, 5.41) is 12.1. The molecule has 0 fully saturated rings. The van der Waals surface area contributed by atoms with Gasteiger partial charge in [0.05, 0.1) is 26.0 Å². The smallest absolute Gasteiger partial charge is 0.269 e. The van der Waals surface area contributed by atoms with Crippen LogP contribution < -0.4 is 14.8 Å². The number of hydrogen-bond acceptors (Lipinski definition) is 10. The fraction of sp³-hybridized carbons (Fsp3) is 0.333. The van der Waals surface area contributed by atoms with E-state index in [1.807, 2.05) is 73.4 Å². The van der Waals surface area contributed by atoms with Gasteiger partial charge in [0.2, 0.25) is 5.36 Å². The zero-order chi connectivity index (χ0) is 41.1. The fourth-order valence-corrected chi connectivity index (χ4v) is 7.96. The number of nitro groups is 1. The molecule has 0 aromatic heterocycles. The molecule has 0 N–H and O–H groups in total. The number of allylic oxidation sites excluding steroid dienone is 5. The van der Waals surface area contributed by atoms with E-state index in [1.54, 1.807) is 12.1 Å². The largest absolute Gasteiger partial charge is 0.748 e. The van der Waals surface area contributed by atoms with Crippen LogP contribution in [0.3, 0.4) is 0 Å². The number of fused-ring (bicyclic) bond motifs is 2. The van der Waals surface area contributed by atoms with E-state index in [2.05, 4.69) is 25.3 Å². The lowest BCUT2D eigenvalue weighted by Crippen LogP contribution is -2.30. The average molecular weight is 801 g/mol. The highest BCUT2D eigenvalue weighted by molar-refractivity contribution is 7.86. The minimum atomic E-state index is -4.76. The lowest BCUT2D eigenvalue weighted by molar-refractivity contribution is -0.384. The first-order valence-electron chi connectivity index (χ1n) is 18.2. The fourth-order valence-electron chi connectivity index (χ4n) is 6.98. The molecule has 1 atom stereocenters. The molecule has 0 saturated carbocycles. The van der Waals surface area contributed by atoms with Crippen molar-refractivity contribution >= 4 is 37.7 Å². The van der Waals surface area contributed by atoms with Crippen LogP contribution in [-0.4, -0.2) is 49.7 Å². The quantitative estimate of drug-likeness (QED) is 0.0419. The lowest BCUT2D eigenvalue weighted by atomic mass is 9.77. The average Bonchev–Trinajstić information content (AvgIpc) is 3.34. The Labute approximate surface area is 329 Å². The van der Waals surface area contributed by atoms with E-state index in [-0.39, 0.29) is 35.4 Å². The second kappa shape index (κ2) is 16.7. The van der Waals surface area contributed by atoms with Gasteiger partial charge in [0.1, 0.15) is 28.2 Å². The van der Waals surface area contributed by atoms with Crippen LogP contribution in [0.1, 0.15) is 76.3 Å². The van der Waals surface area contributed by atoms with Crippen LogP contribution in [-0.2, 0) is 37.6 Å². The van der Waals surface area contributed by atoms with Crippen LogP contribution in [0.15, 0.2) is 106 Å². The molecule has 2 aromatic carbocycles. The Hall–Kier alpha value is -4.89. The van der Waals surface area contributed by atoms with Crippen LogP contribution in [0.5, 0.6) is 0 Å². The molecule has 0 spiro atoms. The second-order valence-electron chi connectivity index (χ2n) is 15.0. The molecule has 2 aliphatic heterocycles. The third-order valence-electron chi connectivity index (χ3n) is 9.96. The number of benzene rings is 3. The predicted octanol–water partition coefficient (Wildman–Crippen LogP) is 7.14. The maximum atomic E-state index is 12.0. The van der Waals surface area contributed by atoms with Crippen LogP contribution in [0.4, 0.5) is 11.4 Å². The third-order valence-corrected chi connectivity index (χ3v) is 11.6. The summed E-state index contributed by atoms with van der Waals surface area (Å²) in [4.78, 5) is 12.2. The normalized spacial score (nSPS) is 17.7. The molecule has 12 nitrogen and oxygen atoms in total. The van der Waals surface area contributed by atoms with Gasteiger partial charge in [-0.25, -0.2) is 21.4 Å². The molecule has 14 heteroatoms. The zero-order valence-corrected chi connectivity index (χ0v) is 33.7. The van der Waals surface area contributed by atoms with Crippen molar-refractivity contribution in [1.82, 2.24) is 4.58 Å². The van der Waals surface area contributed by atoms with Crippen molar-refractivity contribution < 1.29 is 35.3 Å². The molecule has 0 amide bonds. The van der Waals surface area contributed by atoms with Crippen molar-refractivity contribution in [1.29, 1.82) is 0 Å². The van der Waals surface area contributed by atoms with E-state index in [1.165, 1.54) is 30.3 Å². The summed E-state index contributed by atoms with van der Waals surface area (Å²) in [6, 6.07) is 18.7. The first-order valence-corrected chi connectivity index (χ1v) is 21.2. The van der Waals surface area contributed by atoms with E-state index < -0.39 is 36.3 Å². The lowest BCUT2D eigenvalue weighted by Gasteiger charge is -2.30. The van der Waals surface area contributed by atoms with Gasteiger partial charge in [-0.05, 0) is 99.7 Å². The molecule has 2 heterocycles. The van der Waals surface area contributed by atoms with Crippen molar-refractivity contribution in [3.8, 4) is 11.3 Å². The third kappa shape index (κ3) is 9.73. The molecule has 56 heavy (non-hydrogen) atoms. The highest BCUT2D eigenvalue weighted by Gasteiger charge is 2.43. The van der Waals surface area contributed by atoms with Crippen molar-refractivity contribution in [2.24, 2.45) is 0 Å². The van der Waals surface area contributed by atoms with Gasteiger partial charge in [0, 0.05) is 63.8 Å². The Morgan fingerprint density at radius 1 is 0.946 bits per heavy atom. The molecule has 5 rings (SSSR count). The summed E-state index contributed by atoms with van der Waals surface area (Å²) < 4.78 is 78.8. The van der Waals surface area contributed by atoms with Gasteiger partial charge in [-0.2, -0.15) is 0 Å². The minimum absolute atomic E-state index is 0.0313. The standard InChI is InChI=1S/C42H47N3O9S2/c1-7-23-42(6)36-28-34(56(51,52)53)20-22-37(36)44(24-12-25-55(48,49)50)39(42)14-11-9-10-13-31-26-40(41(3,4)5)54-38-27-33(19-21-35(31)38)43(8-2)29-30-15-17-32(18-16-30)45(46)47/h1,9-11,13-22,26-28H,7-8,12,23-25,29H2,2-6H3,(H-,48,49,50,51,52,53)/p-1. The molecule has 0 bridgehead atoms. The van der Waals surface area contributed by atoms with Crippen molar-refractivity contribution in [2.45, 2.75) is 76.2 Å². The Morgan fingerprint density at radius 3 is 2.27 bits per heavy atom. The number of anilines is 1. The van der Waals surface area contributed by atoms with Gasteiger partial charge in [0.25, 0.3) is 5.69 Å². The molecule has 2 radical (unpaired) electrons. The Morgan fingerprint density at radius 2 is 1.66 bits per heavy atom. The van der Waals surface area contributed by atoms with Gasteiger partial charge in [0.15, 0.2) is 6.54 Å². The second-order valence-corrected chi connectivity index (χ2v) is 17.9. The van der Waals surface area contributed by atoms with Crippen LogP contribution in [0, 0.1) is 17.0 Å². The van der Waals surface area contributed by atoms with Crippen molar-refractivity contribution in [2.75, 3.05) is 23.7 Å². The van der Waals surface area contributed by atoms with E-state index in [4.69, 9.17) is 11.3 Å². The van der Waals surface area contributed by atoms with E-state index in [9.17, 15) is 36.1 Å². The number of rotatable bonds is 14. The van der Waals surface area contributed by atoms with E-state index in [0.717, 1.165) is 27.8 Å². The number of hydrogen-bond donors (Lipinski definition) is 0. The monoisotopic (exact) mass is 800 g/mol. The van der Waals surface area contributed by atoms with Crippen LogP contribution in [0.25, 0.3) is 17.4 Å².